The number of hydrogen-bond donors (Lipinski definition) is 0. The summed E-state index contributed by atoms with van der Waals surface area (Å²) >= 11 is 0. The lowest BCUT2D eigenvalue weighted by molar-refractivity contribution is -0.542. The van der Waals surface area contributed by atoms with Crippen molar-refractivity contribution in [3.8, 4) is 0 Å². The maximum Gasteiger partial charge on any atom is 0.239 e. The van der Waals surface area contributed by atoms with Crippen LogP contribution in [-0.4, -0.2) is 61.1 Å². The maximum absolute atomic E-state index is 2.52. The molecule has 0 fully saturated rings. The Hall–Kier alpha value is -2.62. The fourth-order valence-corrected chi connectivity index (χ4v) is 5.72. The molecule has 4 nitrogen and oxygen atoms in total. The van der Waals surface area contributed by atoms with Gasteiger partial charge in [0.15, 0.2) is 0 Å². The van der Waals surface area contributed by atoms with E-state index in [0.717, 1.165) is 39.3 Å². The predicted octanol–water partition coefficient (Wildman–Crippen LogP) is 5.67. The summed E-state index contributed by atoms with van der Waals surface area (Å²) in [5.41, 5.74) is 9.89. The zero-order chi connectivity index (χ0) is 24.4. The quantitative estimate of drug-likeness (QED) is 0.471. The van der Waals surface area contributed by atoms with Gasteiger partial charge in [-0.25, -0.2) is 9.80 Å². The third-order valence-corrected chi connectivity index (χ3v) is 7.30. The number of para-hydroxylation sites is 1. The Labute approximate surface area is 207 Å². The molecule has 0 spiro atoms. The van der Waals surface area contributed by atoms with Gasteiger partial charge in [-0.2, -0.15) is 0 Å². The van der Waals surface area contributed by atoms with Gasteiger partial charge < -0.3 is 0 Å². The second-order valence-corrected chi connectivity index (χ2v) is 10.9. The van der Waals surface area contributed by atoms with Crippen LogP contribution in [0.15, 0.2) is 30.3 Å². The summed E-state index contributed by atoms with van der Waals surface area (Å²) in [5, 5.41) is 0. The van der Waals surface area contributed by atoms with Crippen LogP contribution in [0.3, 0.4) is 0 Å². The molecule has 2 aliphatic rings. The predicted molar refractivity (Wildman–Crippen MR) is 147 cm³/mol. The molecule has 2 heterocycles. The highest BCUT2D eigenvalue weighted by Crippen LogP contribution is 2.35. The Morgan fingerprint density at radius 2 is 1.21 bits per heavy atom. The zero-order valence-electron chi connectivity index (χ0n) is 22.4. The lowest BCUT2D eigenvalue weighted by Gasteiger charge is -2.20. The van der Waals surface area contributed by atoms with Gasteiger partial charge in [0.2, 0.25) is 12.7 Å². The Bertz CT molecular complexity index is 1040. The molecule has 4 heteroatoms. The number of benzene rings is 2. The van der Waals surface area contributed by atoms with Crippen molar-refractivity contribution >= 4 is 24.1 Å². The van der Waals surface area contributed by atoms with Gasteiger partial charge >= 0.3 is 0 Å². The Kier molecular flexibility index (Phi) is 7.45. The Morgan fingerprint density at radius 3 is 1.68 bits per heavy atom. The van der Waals surface area contributed by atoms with Crippen LogP contribution >= 0.6 is 0 Å². The smallest absolute Gasteiger partial charge is 0.239 e. The minimum absolute atomic E-state index is 0.533. The first kappa shape index (κ1) is 24.5. The van der Waals surface area contributed by atoms with Gasteiger partial charge in [0.05, 0.1) is 13.1 Å². The largest absolute Gasteiger partial charge is 0.264 e. The van der Waals surface area contributed by atoms with Gasteiger partial charge in [-0.1, -0.05) is 63.6 Å². The molecule has 0 amide bonds. The van der Waals surface area contributed by atoms with Gasteiger partial charge in [-0.05, 0) is 43.7 Å². The molecular formula is C30H44N4+2. The average Bonchev–Trinajstić information content (AvgIpc) is 3.42. The summed E-state index contributed by atoms with van der Waals surface area (Å²) in [6.45, 7) is 22.5. The molecule has 2 aromatic carbocycles. The molecule has 0 unspecified atom stereocenters. The highest BCUT2D eigenvalue weighted by molar-refractivity contribution is 5.82. The van der Waals surface area contributed by atoms with E-state index in [2.05, 4.69) is 110 Å². The second-order valence-electron chi connectivity index (χ2n) is 10.9. The van der Waals surface area contributed by atoms with Crippen molar-refractivity contribution in [3.05, 3.63) is 58.1 Å². The van der Waals surface area contributed by atoms with Crippen molar-refractivity contribution in [2.24, 2.45) is 0 Å². The van der Waals surface area contributed by atoms with Crippen LogP contribution in [0, 0.1) is 20.8 Å². The van der Waals surface area contributed by atoms with Crippen molar-refractivity contribution in [1.29, 1.82) is 0 Å². The molecule has 2 aromatic rings. The second kappa shape index (κ2) is 10.3. The number of nitrogens with zero attached hydrogens (tertiary/aromatic N) is 4. The van der Waals surface area contributed by atoms with E-state index in [1.807, 2.05) is 0 Å². The van der Waals surface area contributed by atoms with E-state index < -0.39 is 0 Å². The molecule has 0 aliphatic carbocycles. The first-order valence-electron chi connectivity index (χ1n) is 13.2. The van der Waals surface area contributed by atoms with Crippen molar-refractivity contribution in [1.82, 2.24) is 0 Å². The van der Waals surface area contributed by atoms with Crippen LogP contribution in [0.5, 0.6) is 0 Å². The third-order valence-electron chi connectivity index (χ3n) is 7.30. The summed E-state index contributed by atoms with van der Waals surface area (Å²) in [7, 11) is 0. The fraction of sp³-hybridized carbons (Fsp3) is 0.533. The van der Waals surface area contributed by atoms with Crippen LogP contribution in [0.2, 0.25) is 0 Å². The molecule has 0 N–H and O–H groups in total. The van der Waals surface area contributed by atoms with Gasteiger partial charge in [0.1, 0.15) is 37.6 Å². The maximum atomic E-state index is 2.52. The van der Waals surface area contributed by atoms with E-state index in [4.69, 9.17) is 0 Å². The van der Waals surface area contributed by atoms with Crippen LogP contribution in [-0.2, 0) is 0 Å². The molecule has 0 saturated heterocycles. The minimum Gasteiger partial charge on any atom is -0.264 e. The molecule has 0 aromatic heterocycles. The van der Waals surface area contributed by atoms with Gasteiger partial charge in [0.25, 0.3) is 0 Å². The normalized spacial score (nSPS) is 16.1. The lowest BCUT2D eigenvalue weighted by Crippen LogP contribution is -2.22. The van der Waals surface area contributed by atoms with E-state index in [1.165, 1.54) is 45.6 Å². The topological polar surface area (TPSA) is 12.5 Å². The van der Waals surface area contributed by atoms with Gasteiger partial charge in [-0.3, -0.25) is 9.15 Å². The first-order valence-corrected chi connectivity index (χ1v) is 13.2. The number of hydrogen-bond acceptors (Lipinski definition) is 2. The third kappa shape index (κ3) is 5.21. The van der Waals surface area contributed by atoms with Gasteiger partial charge in [-0.15, -0.1) is 0 Å². The molecule has 0 bridgehead atoms. The number of aryl methyl sites for hydroxylation is 3. The number of anilines is 2. The van der Waals surface area contributed by atoms with Crippen LogP contribution in [0.4, 0.5) is 11.4 Å². The SMILES string of the molecule is Cc1cc(C)c(N2C=[N+](CCC[N+]3=CN(c4c(C(C)C)cccc4C(C)C)CC3)CC2)c(C)c1. The molecular weight excluding hydrogens is 416 g/mol. The van der Waals surface area contributed by atoms with Crippen molar-refractivity contribution in [2.75, 3.05) is 49.1 Å². The van der Waals surface area contributed by atoms with E-state index in [-0.39, 0.29) is 0 Å². The zero-order valence-corrected chi connectivity index (χ0v) is 22.4. The van der Waals surface area contributed by atoms with Gasteiger partial charge in [0, 0.05) is 17.5 Å². The minimum atomic E-state index is 0.533. The van der Waals surface area contributed by atoms with E-state index in [9.17, 15) is 0 Å². The average molecular weight is 461 g/mol. The Morgan fingerprint density at radius 1 is 0.735 bits per heavy atom. The first-order chi connectivity index (χ1) is 16.2. The molecule has 4 rings (SSSR count). The lowest BCUT2D eigenvalue weighted by atomic mass is 9.92. The molecule has 0 saturated carbocycles. The summed E-state index contributed by atoms with van der Waals surface area (Å²) in [6, 6.07) is 11.5. The van der Waals surface area contributed by atoms with E-state index >= 15 is 0 Å². The molecule has 0 radical (unpaired) electrons. The fourth-order valence-electron chi connectivity index (χ4n) is 5.72. The van der Waals surface area contributed by atoms with Crippen LogP contribution < -0.4 is 9.80 Å². The van der Waals surface area contributed by atoms with Crippen LogP contribution in [0.25, 0.3) is 0 Å². The standard InChI is InChI=1S/C30H44N4/c1-22(2)27-10-8-11-28(23(3)4)30(27)34-17-15-32(21-34)13-9-12-31-14-16-33(20-31)29-25(6)18-24(5)19-26(29)7/h8,10-11,18-23H,9,12-17H2,1-7H3/q+2. The van der Waals surface area contributed by atoms with Crippen molar-refractivity contribution < 1.29 is 9.15 Å². The molecule has 0 atom stereocenters. The highest BCUT2D eigenvalue weighted by Gasteiger charge is 2.28. The summed E-state index contributed by atoms with van der Waals surface area (Å²) in [5.74, 6) is 1.07. The Balaban J connectivity index is 1.40. The molecule has 2 aliphatic heterocycles. The van der Waals surface area contributed by atoms with Crippen molar-refractivity contribution in [2.45, 2.75) is 66.7 Å². The van der Waals surface area contributed by atoms with E-state index in [0.29, 0.717) is 11.8 Å². The van der Waals surface area contributed by atoms with Crippen molar-refractivity contribution in [3.63, 3.8) is 0 Å². The highest BCUT2D eigenvalue weighted by atomic mass is 15.3. The van der Waals surface area contributed by atoms with E-state index in [1.54, 1.807) is 0 Å². The number of rotatable bonds is 8. The monoisotopic (exact) mass is 460 g/mol. The summed E-state index contributed by atoms with van der Waals surface area (Å²) < 4.78 is 5.01. The van der Waals surface area contributed by atoms with Crippen LogP contribution in [0.1, 0.15) is 73.8 Å². The summed E-state index contributed by atoms with van der Waals surface area (Å²) in [6.07, 6.45) is 5.91. The molecule has 34 heavy (non-hydrogen) atoms. The molecule has 182 valence electrons. The summed E-state index contributed by atoms with van der Waals surface area (Å²) in [4.78, 5) is 4.96.